The van der Waals surface area contributed by atoms with E-state index in [2.05, 4.69) is 36.2 Å². The van der Waals surface area contributed by atoms with Gasteiger partial charge in [-0.15, -0.1) is 0 Å². The van der Waals surface area contributed by atoms with Gasteiger partial charge >= 0.3 is 0 Å². The van der Waals surface area contributed by atoms with Crippen molar-refractivity contribution in [1.29, 1.82) is 0 Å². The number of pyridine rings is 2. The molecule has 0 amide bonds. The topological polar surface area (TPSA) is 66.8 Å². The van der Waals surface area contributed by atoms with E-state index < -0.39 is 0 Å². The summed E-state index contributed by atoms with van der Waals surface area (Å²) in [6.45, 7) is 2.23. The summed E-state index contributed by atoms with van der Waals surface area (Å²) in [5.74, 6) is 1.41. The van der Waals surface area contributed by atoms with E-state index in [9.17, 15) is 0 Å². The first kappa shape index (κ1) is 15.5. The second-order valence-electron chi connectivity index (χ2n) is 6.08. The highest BCUT2D eigenvalue weighted by molar-refractivity contribution is 5.59. The van der Waals surface area contributed by atoms with Crippen LogP contribution in [0.4, 0.5) is 17.3 Å². The van der Waals surface area contributed by atoms with E-state index in [1.165, 1.54) is 24.9 Å². The van der Waals surface area contributed by atoms with Crippen molar-refractivity contribution in [3.63, 3.8) is 0 Å². The van der Waals surface area contributed by atoms with Gasteiger partial charge in [0.1, 0.15) is 11.5 Å². The lowest BCUT2D eigenvalue weighted by molar-refractivity contribution is 0.577. The van der Waals surface area contributed by atoms with Crippen molar-refractivity contribution in [2.45, 2.75) is 19.3 Å². The third kappa shape index (κ3) is 3.74. The zero-order chi connectivity index (χ0) is 16.9. The van der Waals surface area contributed by atoms with Gasteiger partial charge in [0.05, 0.1) is 30.0 Å². The summed E-state index contributed by atoms with van der Waals surface area (Å²) in [6, 6.07) is 9.83. The fourth-order valence-corrected chi connectivity index (χ4v) is 2.99. The van der Waals surface area contributed by atoms with Gasteiger partial charge in [0, 0.05) is 19.3 Å². The molecule has 0 atom stereocenters. The van der Waals surface area contributed by atoms with Crippen LogP contribution < -0.4 is 10.2 Å². The maximum atomic E-state index is 4.56. The molecule has 0 unspecified atom stereocenters. The van der Waals surface area contributed by atoms with Crippen LogP contribution in [0.3, 0.4) is 0 Å². The van der Waals surface area contributed by atoms with Crippen molar-refractivity contribution in [3.05, 3.63) is 55.1 Å². The number of hydrogen-bond acceptors (Lipinski definition) is 6. The Morgan fingerprint density at radius 1 is 0.800 bits per heavy atom. The number of aromatic nitrogens is 4. The predicted octanol–water partition coefficient (Wildman–Crippen LogP) is 3.67. The standard InChI is InChI=1S/C19H20N6/c1-4-10-25(11-5-1)15-7-8-18(22-12-15)24-19-14-20-13-17(23-19)16-6-2-3-9-21-16/h2-3,6-9,12-14H,1,4-5,10-11H2,(H,22,23,24). The summed E-state index contributed by atoms with van der Waals surface area (Å²) in [6.07, 6.45) is 10.9. The molecule has 1 aliphatic rings. The highest BCUT2D eigenvalue weighted by atomic mass is 15.1. The first-order chi connectivity index (χ1) is 12.4. The fraction of sp³-hybridized carbons (Fsp3) is 0.263. The zero-order valence-electron chi connectivity index (χ0n) is 14.0. The lowest BCUT2D eigenvalue weighted by Gasteiger charge is -2.28. The first-order valence-electron chi connectivity index (χ1n) is 8.60. The molecule has 6 heteroatoms. The maximum Gasteiger partial charge on any atom is 0.150 e. The average molecular weight is 332 g/mol. The molecule has 1 N–H and O–H groups in total. The molecule has 0 bridgehead atoms. The number of piperidine rings is 1. The Morgan fingerprint density at radius 3 is 2.48 bits per heavy atom. The number of hydrogen-bond donors (Lipinski definition) is 1. The molecule has 4 rings (SSSR count). The monoisotopic (exact) mass is 332 g/mol. The number of anilines is 3. The first-order valence-corrected chi connectivity index (χ1v) is 8.60. The normalized spacial score (nSPS) is 14.3. The van der Waals surface area contributed by atoms with E-state index in [1.807, 2.05) is 30.5 Å². The molecule has 25 heavy (non-hydrogen) atoms. The van der Waals surface area contributed by atoms with E-state index >= 15 is 0 Å². The molecule has 4 heterocycles. The summed E-state index contributed by atoms with van der Waals surface area (Å²) < 4.78 is 0. The number of nitrogens with zero attached hydrogens (tertiary/aromatic N) is 5. The molecule has 126 valence electrons. The Labute approximate surface area is 147 Å². The molecule has 3 aromatic heterocycles. The van der Waals surface area contributed by atoms with Gasteiger partial charge in [-0.1, -0.05) is 6.07 Å². The molecule has 0 spiro atoms. The minimum Gasteiger partial charge on any atom is -0.370 e. The van der Waals surface area contributed by atoms with E-state index in [0.29, 0.717) is 5.82 Å². The van der Waals surface area contributed by atoms with Crippen LogP contribution >= 0.6 is 0 Å². The van der Waals surface area contributed by atoms with Gasteiger partial charge in [-0.05, 0) is 43.5 Å². The van der Waals surface area contributed by atoms with Crippen LogP contribution in [0, 0.1) is 0 Å². The smallest absolute Gasteiger partial charge is 0.150 e. The molecule has 6 nitrogen and oxygen atoms in total. The Morgan fingerprint density at radius 2 is 1.72 bits per heavy atom. The van der Waals surface area contributed by atoms with E-state index in [-0.39, 0.29) is 0 Å². The highest BCUT2D eigenvalue weighted by Crippen LogP contribution is 2.21. The summed E-state index contributed by atoms with van der Waals surface area (Å²) in [4.78, 5) is 20.0. The van der Waals surface area contributed by atoms with Crippen LogP contribution in [0.2, 0.25) is 0 Å². The number of rotatable bonds is 4. The van der Waals surface area contributed by atoms with Gasteiger partial charge in [-0.25, -0.2) is 9.97 Å². The molecule has 0 aromatic carbocycles. The van der Waals surface area contributed by atoms with Crippen molar-refractivity contribution in [2.75, 3.05) is 23.3 Å². The molecule has 1 fully saturated rings. The molecular weight excluding hydrogens is 312 g/mol. The van der Waals surface area contributed by atoms with Gasteiger partial charge in [0.25, 0.3) is 0 Å². The molecule has 1 aliphatic heterocycles. The molecular formula is C19H20N6. The third-order valence-corrected chi connectivity index (χ3v) is 4.29. The van der Waals surface area contributed by atoms with Crippen molar-refractivity contribution in [3.8, 4) is 11.4 Å². The quantitative estimate of drug-likeness (QED) is 0.786. The molecule has 0 saturated carbocycles. The van der Waals surface area contributed by atoms with Crippen molar-refractivity contribution < 1.29 is 0 Å². The SMILES string of the molecule is c1ccc(-c2cncc(Nc3ccc(N4CCCCC4)cn3)n2)nc1. The van der Waals surface area contributed by atoms with Gasteiger partial charge in [-0.2, -0.15) is 0 Å². The molecule has 0 radical (unpaired) electrons. The summed E-state index contributed by atoms with van der Waals surface area (Å²) in [5.41, 5.74) is 2.71. The highest BCUT2D eigenvalue weighted by Gasteiger charge is 2.11. The molecule has 0 aliphatic carbocycles. The summed E-state index contributed by atoms with van der Waals surface area (Å²) in [5, 5.41) is 3.21. The van der Waals surface area contributed by atoms with Crippen LogP contribution in [0.5, 0.6) is 0 Å². The van der Waals surface area contributed by atoms with Crippen LogP contribution in [-0.4, -0.2) is 33.0 Å². The molecule has 3 aromatic rings. The van der Waals surface area contributed by atoms with Gasteiger partial charge in [0.2, 0.25) is 0 Å². The minimum absolute atomic E-state index is 0.654. The van der Waals surface area contributed by atoms with Crippen LogP contribution in [0.25, 0.3) is 11.4 Å². The Kier molecular flexibility index (Phi) is 4.50. The van der Waals surface area contributed by atoms with Gasteiger partial charge in [0.15, 0.2) is 5.82 Å². The van der Waals surface area contributed by atoms with Crippen LogP contribution in [0.15, 0.2) is 55.1 Å². The zero-order valence-corrected chi connectivity index (χ0v) is 14.0. The Hall–Kier alpha value is -3.02. The van der Waals surface area contributed by atoms with Gasteiger partial charge in [-0.3, -0.25) is 9.97 Å². The van der Waals surface area contributed by atoms with E-state index in [1.54, 1.807) is 18.6 Å². The predicted molar refractivity (Wildman–Crippen MR) is 98.8 cm³/mol. The van der Waals surface area contributed by atoms with Crippen molar-refractivity contribution in [1.82, 2.24) is 19.9 Å². The fourth-order valence-electron chi connectivity index (χ4n) is 2.99. The Bertz CT molecular complexity index is 813. The molecule has 1 saturated heterocycles. The Balaban J connectivity index is 1.48. The maximum absolute atomic E-state index is 4.56. The van der Waals surface area contributed by atoms with Crippen molar-refractivity contribution >= 4 is 17.3 Å². The van der Waals surface area contributed by atoms with Crippen LogP contribution in [-0.2, 0) is 0 Å². The van der Waals surface area contributed by atoms with Gasteiger partial charge < -0.3 is 10.2 Å². The van der Waals surface area contributed by atoms with E-state index in [0.717, 1.165) is 30.3 Å². The minimum atomic E-state index is 0.654. The lowest BCUT2D eigenvalue weighted by Crippen LogP contribution is -2.29. The van der Waals surface area contributed by atoms with Crippen molar-refractivity contribution in [2.24, 2.45) is 0 Å². The van der Waals surface area contributed by atoms with E-state index in [4.69, 9.17) is 0 Å². The lowest BCUT2D eigenvalue weighted by atomic mass is 10.1. The second-order valence-corrected chi connectivity index (χ2v) is 6.08. The third-order valence-electron chi connectivity index (χ3n) is 4.29. The average Bonchev–Trinajstić information content (AvgIpc) is 2.70. The second kappa shape index (κ2) is 7.25. The van der Waals surface area contributed by atoms with Crippen LogP contribution in [0.1, 0.15) is 19.3 Å². The number of nitrogens with one attached hydrogen (secondary N) is 1. The summed E-state index contributed by atoms with van der Waals surface area (Å²) >= 11 is 0. The summed E-state index contributed by atoms with van der Waals surface area (Å²) in [7, 11) is 0. The largest absolute Gasteiger partial charge is 0.370 e.